The van der Waals surface area contributed by atoms with Gasteiger partial charge < -0.3 is 10.1 Å². The Morgan fingerprint density at radius 2 is 1.61 bits per heavy atom. The highest BCUT2D eigenvalue weighted by atomic mass is 19.1. The first-order chi connectivity index (χ1) is 14.9. The zero-order chi connectivity index (χ0) is 22.1. The zero-order valence-corrected chi connectivity index (χ0v) is 17.4. The third kappa shape index (κ3) is 3.68. The van der Waals surface area contributed by atoms with Crippen molar-refractivity contribution in [2.45, 2.75) is 13.8 Å². The highest BCUT2D eigenvalue weighted by Crippen LogP contribution is 2.37. The molecule has 0 atom stereocenters. The van der Waals surface area contributed by atoms with E-state index in [1.807, 2.05) is 32.0 Å². The van der Waals surface area contributed by atoms with Crippen LogP contribution >= 0.6 is 0 Å². The smallest absolute Gasteiger partial charge is 0.282 e. The lowest BCUT2D eigenvalue weighted by molar-refractivity contribution is -0.120. The number of imide groups is 1. The van der Waals surface area contributed by atoms with E-state index in [-0.39, 0.29) is 11.3 Å². The predicted molar refractivity (Wildman–Crippen MR) is 118 cm³/mol. The number of carbonyl (C=O) groups excluding carboxylic acids is 2. The summed E-state index contributed by atoms with van der Waals surface area (Å²) in [6.07, 6.45) is 0. The number of hydrogen-bond donors (Lipinski definition) is 1. The largest absolute Gasteiger partial charge is 0.496 e. The standard InChI is InChI=1S/C25H21FN2O3/c1-15-8-9-16(2)20(14-15)27-23-22(19-6-4-5-7-21(19)31-3)24(29)28(25(23)30)18-12-10-17(26)11-13-18/h4-14,27H,1-3H3. The summed E-state index contributed by atoms with van der Waals surface area (Å²) >= 11 is 0. The fraction of sp³-hybridized carbons (Fsp3) is 0.120. The van der Waals surface area contributed by atoms with Gasteiger partial charge in [-0.15, -0.1) is 0 Å². The number of nitrogens with zero attached hydrogens (tertiary/aromatic N) is 1. The van der Waals surface area contributed by atoms with Crippen LogP contribution in [0.2, 0.25) is 0 Å². The van der Waals surface area contributed by atoms with Crippen LogP contribution < -0.4 is 15.0 Å². The molecule has 0 fully saturated rings. The van der Waals surface area contributed by atoms with Gasteiger partial charge in [0.05, 0.1) is 18.4 Å². The van der Waals surface area contributed by atoms with E-state index in [0.29, 0.717) is 17.0 Å². The Bertz CT molecular complexity index is 1220. The van der Waals surface area contributed by atoms with Crippen LogP contribution in [0.5, 0.6) is 5.75 Å². The third-order valence-electron chi connectivity index (χ3n) is 5.20. The van der Waals surface area contributed by atoms with Crippen LogP contribution in [0.1, 0.15) is 16.7 Å². The number of benzene rings is 3. The number of rotatable bonds is 5. The Labute approximate surface area is 179 Å². The number of methoxy groups -OCH3 is 1. The number of hydrogen-bond acceptors (Lipinski definition) is 4. The molecule has 1 aliphatic heterocycles. The highest BCUT2D eigenvalue weighted by Gasteiger charge is 2.41. The molecule has 5 nitrogen and oxygen atoms in total. The number of para-hydroxylation sites is 1. The second-order valence-electron chi connectivity index (χ2n) is 7.32. The molecule has 1 heterocycles. The molecule has 0 unspecified atom stereocenters. The molecule has 3 aromatic carbocycles. The molecule has 1 N–H and O–H groups in total. The summed E-state index contributed by atoms with van der Waals surface area (Å²) in [5.41, 5.74) is 3.81. The van der Waals surface area contributed by atoms with E-state index in [2.05, 4.69) is 5.32 Å². The van der Waals surface area contributed by atoms with Gasteiger partial charge in [-0.3, -0.25) is 9.59 Å². The number of nitrogens with one attached hydrogen (secondary N) is 1. The van der Waals surface area contributed by atoms with Crippen LogP contribution in [0.25, 0.3) is 5.57 Å². The highest BCUT2D eigenvalue weighted by molar-refractivity contribution is 6.46. The number of amides is 2. The second-order valence-corrected chi connectivity index (χ2v) is 7.32. The van der Waals surface area contributed by atoms with Gasteiger partial charge in [-0.1, -0.05) is 30.3 Å². The van der Waals surface area contributed by atoms with Crippen LogP contribution in [0.4, 0.5) is 15.8 Å². The van der Waals surface area contributed by atoms with Crippen LogP contribution in [0, 0.1) is 19.7 Å². The molecule has 0 saturated heterocycles. The van der Waals surface area contributed by atoms with E-state index in [1.165, 1.54) is 31.4 Å². The Balaban J connectivity index is 1.88. The normalized spacial score (nSPS) is 13.7. The van der Waals surface area contributed by atoms with Crippen molar-refractivity contribution < 1.29 is 18.7 Å². The summed E-state index contributed by atoms with van der Waals surface area (Å²) in [7, 11) is 1.51. The van der Waals surface area contributed by atoms with Crippen LogP contribution in [-0.4, -0.2) is 18.9 Å². The Kier molecular flexibility index (Phi) is 5.29. The molecule has 0 bridgehead atoms. The maximum atomic E-state index is 13.5. The van der Waals surface area contributed by atoms with E-state index < -0.39 is 17.6 Å². The SMILES string of the molecule is COc1ccccc1C1=C(Nc2cc(C)ccc2C)C(=O)N(c2ccc(F)cc2)C1=O. The van der Waals surface area contributed by atoms with Gasteiger partial charge in [0.25, 0.3) is 11.8 Å². The van der Waals surface area contributed by atoms with Crippen LogP contribution in [-0.2, 0) is 9.59 Å². The van der Waals surface area contributed by atoms with E-state index in [9.17, 15) is 14.0 Å². The number of carbonyl (C=O) groups is 2. The van der Waals surface area contributed by atoms with Crippen molar-refractivity contribution in [3.63, 3.8) is 0 Å². The molecule has 4 rings (SSSR count). The summed E-state index contributed by atoms with van der Waals surface area (Å²) in [5, 5.41) is 3.18. The van der Waals surface area contributed by atoms with Crippen molar-refractivity contribution in [1.82, 2.24) is 0 Å². The molecule has 6 heteroatoms. The summed E-state index contributed by atoms with van der Waals surface area (Å²) in [5.74, 6) is -0.998. The van der Waals surface area contributed by atoms with Gasteiger partial charge in [0.1, 0.15) is 17.3 Å². The quantitative estimate of drug-likeness (QED) is 0.604. The molecule has 3 aromatic rings. The molecule has 156 valence electrons. The third-order valence-corrected chi connectivity index (χ3v) is 5.20. The van der Waals surface area contributed by atoms with Gasteiger partial charge in [-0.25, -0.2) is 9.29 Å². The van der Waals surface area contributed by atoms with Gasteiger partial charge in [-0.2, -0.15) is 0 Å². The Hall–Kier alpha value is -3.93. The minimum atomic E-state index is -0.515. The Morgan fingerprint density at radius 1 is 0.903 bits per heavy atom. The average Bonchev–Trinajstić information content (AvgIpc) is 3.01. The number of anilines is 2. The maximum Gasteiger partial charge on any atom is 0.282 e. The van der Waals surface area contributed by atoms with Gasteiger partial charge in [0.2, 0.25) is 0 Å². The lowest BCUT2D eigenvalue weighted by Crippen LogP contribution is -2.32. The minimum Gasteiger partial charge on any atom is -0.496 e. The summed E-state index contributed by atoms with van der Waals surface area (Å²) in [4.78, 5) is 28.0. The Morgan fingerprint density at radius 3 is 2.32 bits per heavy atom. The minimum absolute atomic E-state index is 0.146. The predicted octanol–water partition coefficient (Wildman–Crippen LogP) is 4.85. The first-order valence-corrected chi connectivity index (χ1v) is 9.77. The van der Waals surface area contributed by atoms with E-state index in [0.717, 1.165) is 21.7 Å². The van der Waals surface area contributed by atoms with Crippen LogP contribution in [0.15, 0.2) is 72.4 Å². The molecular weight excluding hydrogens is 395 g/mol. The lowest BCUT2D eigenvalue weighted by atomic mass is 10.0. The molecule has 0 aromatic heterocycles. The van der Waals surface area contributed by atoms with Crippen molar-refractivity contribution in [3.8, 4) is 5.75 Å². The van der Waals surface area contributed by atoms with Crippen molar-refractivity contribution in [2.24, 2.45) is 0 Å². The average molecular weight is 416 g/mol. The molecule has 0 saturated carbocycles. The topological polar surface area (TPSA) is 58.6 Å². The summed E-state index contributed by atoms with van der Waals surface area (Å²) in [6, 6.07) is 18.1. The van der Waals surface area contributed by atoms with Gasteiger partial charge in [0.15, 0.2) is 0 Å². The molecule has 0 aliphatic carbocycles. The summed E-state index contributed by atoms with van der Waals surface area (Å²) < 4.78 is 18.9. The fourth-order valence-electron chi connectivity index (χ4n) is 3.58. The monoisotopic (exact) mass is 416 g/mol. The number of aryl methyl sites for hydroxylation is 2. The van der Waals surface area contributed by atoms with Crippen molar-refractivity contribution >= 4 is 28.8 Å². The molecule has 0 radical (unpaired) electrons. The molecule has 31 heavy (non-hydrogen) atoms. The molecular formula is C25H21FN2O3. The van der Waals surface area contributed by atoms with Gasteiger partial charge >= 0.3 is 0 Å². The second kappa shape index (κ2) is 8.07. The first-order valence-electron chi connectivity index (χ1n) is 9.77. The van der Waals surface area contributed by atoms with Gasteiger partial charge in [-0.05, 0) is 61.4 Å². The van der Waals surface area contributed by atoms with Crippen LogP contribution in [0.3, 0.4) is 0 Å². The van der Waals surface area contributed by atoms with Gasteiger partial charge in [0, 0.05) is 11.3 Å². The van der Waals surface area contributed by atoms with E-state index >= 15 is 0 Å². The number of ether oxygens (including phenoxy) is 1. The maximum absolute atomic E-state index is 13.5. The lowest BCUT2D eigenvalue weighted by Gasteiger charge is -2.16. The number of halogens is 1. The van der Waals surface area contributed by atoms with E-state index in [1.54, 1.807) is 24.3 Å². The molecule has 2 amide bonds. The van der Waals surface area contributed by atoms with E-state index in [4.69, 9.17) is 4.74 Å². The van der Waals surface area contributed by atoms with Crippen molar-refractivity contribution in [1.29, 1.82) is 0 Å². The first kappa shape index (κ1) is 20.3. The summed E-state index contributed by atoms with van der Waals surface area (Å²) in [6.45, 7) is 3.87. The molecule has 0 spiro atoms. The van der Waals surface area contributed by atoms with Crippen molar-refractivity contribution in [3.05, 3.63) is 94.9 Å². The molecule has 1 aliphatic rings. The fourth-order valence-corrected chi connectivity index (χ4v) is 3.58. The van der Waals surface area contributed by atoms with Crippen molar-refractivity contribution in [2.75, 3.05) is 17.3 Å². The zero-order valence-electron chi connectivity index (χ0n) is 17.4.